The minimum absolute atomic E-state index is 0. The van der Waals surface area contributed by atoms with E-state index in [1.807, 2.05) is 11.6 Å². The zero-order valence-electron chi connectivity index (χ0n) is 14.3. The standard InChI is InChI=1S/C16H27N5O.ClH/c1-11(2)16(6-7-16)10-18-15(22)14-12(3)21(20-19-14)13-4-8-17-9-5-13;/h11,13,17H,4-10H2,1-3H3,(H,18,22);1H. The number of nitrogens with zero attached hydrogens (tertiary/aromatic N) is 3. The van der Waals surface area contributed by atoms with Crippen molar-refractivity contribution in [3.63, 3.8) is 0 Å². The van der Waals surface area contributed by atoms with Crippen molar-refractivity contribution in [1.82, 2.24) is 25.6 Å². The molecule has 1 aliphatic heterocycles. The number of amides is 1. The lowest BCUT2D eigenvalue weighted by Gasteiger charge is -2.23. The Kier molecular flexibility index (Phi) is 5.68. The number of carbonyl (C=O) groups is 1. The van der Waals surface area contributed by atoms with E-state index in [0.717, 1.165) is 38.2 Å². The maximum absolute atomic E-state index is 12.4. The Morgan fingerprint density at radius 2 is 2.04 bits per heavy atom. The topological polar surface area (TPSA) is 71.8 Å². The first-order chi connectivity index (χ1) is 10.5. The fourth-order valence-electron chi connectivity index (χ4n) is 3.41. The van der Waals surface area contributed by atoms with Gasteiger partial charge in [-0.25, -0.2) is 4.68 Å². The van der Waals surface area contributed by atoms with Crippen molar-refractivity contribution in [2.45, 2.75) is 52.5 Å². The smallest absolute Gasteiger partial charge is 0.273 e. The van der Waals surface area contributed by atoms with Gasteiger partial charge in [-0.15, -0.1) is 17.5 Å². The first-order valence-corrected chi connectivity index (χ1v) is 8.44. The summed E-state index contributed by atoms with van der Waals surface area (Å²) in [4.78, 5) is 12.4. The molecule has 3 rings (SSSR count). The zero-order valence-corrected chi connectivity index (χ0v) is 15.1. The summed E-state index contributed by atoms with van der Waals surface area (Å²) in [6.07, 6.45) is 4.51. The van der Waals surface area contributed by atoms with Crippen LogP contribution in [0.5, 0.6) is 0 Å². The minimum Gasteiger partial charge on any atom is -0.350 e. The molecule has 2 heterocycles. The normalized spacial score (nSPS) is 20.2. The maximum atomic E-state index is 12.4. The van der Waals surface area contributed by atoms with Crippen molar-refractivity contribution in [3.8, 4) is 0 Å². The van der Waals surface area contributed by atoms with Gasteiger partial charge in [0.25, 0.3) is 5.91 Å². The van der Waals surface area contributed by atoms with Crippen molar-refractivity contribution in [2.75, 3.05) is 19.6 Å². The molecule has 7 heteroatoms. The highest BCUT2D eigenvalue weighted by atomic mass is 35.5. The highest BCUT2D eigenvalue weighted by Crippen LogP contribution is 2.51. The molecule has 1 aliphatic carbocycles. The summed E-state index contributed by atoms with van der Waals surface area (Å²) in [5.41, 5.74) is 1.69. The van der Waals surface area contributed by atoms with E-state index in [1.54, 1.807) is 0 Å². The van der Waals surface area contributed by atoms with Gasteiger partial charge in [0, 0.05) is 6.54 Å². The van der Waals surface area contributed by atoms with E-state index < -0.39 is 0 Å². The van der Waals surface area contributed by atoms with E-state index >= 15 is 0 Å². The number of hydrogen-bond donors (Lipinski definition) is 2. The predicted molar refractivity (Wildman–Crippen MR) is 92.0 cm³/mol. The molecular formula is C16H28ClN5O. The number of piperidine rings is 1. The van der Waals surface area contributed by atoms with Crippen LogP contribution in [0, 0.1) is 18.3 Å². The highest BCUT2D eigenvalue weighted by molar-refractivity contribution is 5.93. The van der Waals surface area contributed by atoms with E-state index in [1.165, 1.54) is 12.8 Å². The Morgan fingerprint density at radius 1 is 1.39 bits per heavy atom. The van der Waals surface area contributed by atoms with Crippen molar-refractivity contribution >= 4 is 18.3 Å². The molecule has 1 aromatic heterocycles. The average molecular weight is 342 g/mol. The lowest BCUT2D eigenvalue weighted by Crippen LogP contribution is -2.33. The van der Waals surface area contributed by atoms with Gasteiger partial charge < -0.3 is 10.6 Å². The van der Waals surface area contributed by atoms with Gasteiger partial charge in [0.15, 0.2) is 5.69 Å². The van der Waals surface area contributed by atoms with Gasteiger partial charge in [-0.3, -0.25) is 4.79 Å². The second kappa shape index (κ2) is 7.18. The third kappa shape index (κ3) is 3.69. The number of rotatable bonds is 5. The van der Waals surface area contributed by atoms with Gasteiger partial charge in [-0.1, -0.05) is 19.1 Å². The second-order valence-corrected chi connectivity index (χ2v) is 7.15. The first-order valence-electron chi connectivity index (χ1n) is 8.44. The molecule has 0 radical (unpaired) electrons. The molecule has 2 N–H and O–H groups in total. The van der Waals surface area contributed by atoms with E-state index in [9.17, 15) is 4.79 Å². The second-order valence-electron chi connectivity index (χ2n) is 7.15. The van der Waals surface area contributed by atoms with Crippen LogP contribution in [-0.2, 0) is 0 Å². The Morgan fingerprint density at radius 3 is 2.61 bits per heavy atom. The average Bonchev–Trinajstić information content (AvgIpc) is 3.22. The third-order valence-electron chi connectivity index (χ3n) is 5.52. The van der Waals surface area contributed by atoms with Crippen molar-refractivity contribution in [3.05, 3.63) is 11.4 Å². The first kappa shape index (κ1) is 18.2. The molecule has 0 atom stereocenters. The van der Waals surface area contributed by atoms with Gasteiger partial charge in [0.2, 0.25) is 0 Å². The van der Waals surface area contributed by atoms with E-state index in [0.29, 0.717) is 23.1 Å². The highest BCUT2D eigenvalue weighted by Gasteiger charge is 2.45. The Labute approximate surface area is 144 Å². The van der Waals surface area contributed by atoms with Crippen molar-refractivity contribution in [1.29, 1.82) is 0 Å². The fraction of sp³-hybridized carbons (Fsp3) is 0.812. The molecule has 2 aliphatic rings. The van der Waals surface area contributed by atoms with Gasteiger partial charge in [-0.05, 0) is 57.0 Å². The van der Waals surface area contributed by atoms with Gasteiger partial charge in [-0.2, -0.15) is 0 Å². The lowest BCUT2D eigenvalue weighted by molar-refractivity contribution is 0.0934. The predicted octanol–water partition coefficient (Wildman–Crippen LogP) is 2.10. The van der Waals surface area contributed by atoms with Crippen LogP contribution in [-0.4, -0.2) is 40.5 Å². The van der Waals surface area contributed by atoms with Crippen LogP contribution in [0.1, 0.15) is 61.8 Å². The minimum atomic E-state index is -0.0791. The molecule has 23 heavy (non-hydrogen) atoms. The largest absolute Gasteiger partial charge is 0.350 e. The molecule has 1 amide bonds. The number of nitrogens with one attached hydrogen (secondary N) is 2. The molecule has 0 spiro atoms. The van der Waals surface area contributed by atoms with Gasteiger partial charge in [0.05, 0.1) is 11.7 Å². The summed E-state index contributed by atoms with van der Waals surface area (Å²) in [6.45, 7) is 9.18. The summed E-state index contributed by atoms with van der Waals surface area (Å²) in [5.74, 6) is 0.531. The number of carbonyl (C=O) groups excluding carboxylic acids is 1. The molecule has 130 valence electrons. The molecule has 0 bridgehead atoms. The van der Waals surface area contributed by atoms with Gasteiger partial charge in [0.1, 0.15) is 0 Å². The Bertz CT molecular complexity index is 547. The number of hydrogen-bond acceptors (Lipinski definition) is 4. The molecule has 0 unspecified atom stereocenters. The Balaban J connectivity index is 0.00000192. The van der Waals surface area contributed by atoms with Gasteiger partial charge >= 0.3 is 0 Å². The maximum Gasteiger partial charge on any atom is 0.273 e. The number of aromatic nitrogens is 3. The van der Waals surface area contributed by atoms with Crippen LogP contribution in [0.2, 0.25) is 0 Å². The summed E-state index contributed by atoms with van der Waals surface area (Å²) < 4.78 is 1.94. The molecular weight excluding hydrogens is 314 g/mol. The van der Waals surface area contributed by atoms with Crippen LogP contribution in [0.25, 0.3) is 0 Å². The summed E-state index contributed by atoms with van der Waals surface area (Å²) in [6, 6.07) is 0.362. The molecule has 0 aromatic carbocycles. The summed E-state index contributed by atoms with van der Waals surface area (Å²) in [5, 5.41) is 14.8. The van der Waals surface area contributed by atoms with E-state index in [2.05, 4.69) is 34.8 Å². The molecule has 2 fully saturated rings. The molecule has 1 saturated carbocycles. The van der Waals surface area contributed by atoms with Crippen LogP contribution in [0.15, 0.2) is 0 Å². The van der Waals surface area contributed by atoms with E-state index in [-0.39, 0.29) is 18.3 Å². The number of halogens is 1. The van der Waals surface area contributed by atoms with Crippen LogP contribution >= 0.6 is 12.4 Å². The van der Waals surface area contributed by atoms with Crippen LogP contribution < -0.4 is 10.6 Å². The fourth-order valence-corrected chi connectivity index (χ4v) is 3.41. The summed E-state index contributed by atoms with van der Waals surface area (Å²) >= 11 is 0. The quantitative estimate of drug-likeness (QED) is 0.860. The van der Waals surface area contributed by atoms with Crippen LogP contribution in [0.3, 0.4) is 0 Å². The Hall–Kier alpha value is -1.14. The molecule has 1 aromatic rings. The monoisotopic (exact) mass is 341 g/mol. The zero-order chi connectivity index (χ0) is 15.7. The SMILES string of the molecule is Cc1c(C(=O)NCC2(C(C)C)CC2)nnn1C1CCNCC1.Cl. The molecule has 1 saturated heterocycles. The lowest BCUT2D eigenvalue weighted by atomic mass is 9.92. The van der Waals surface area contributed by atoms with Crippen molar-refractivity contribution < 1.29 is 4.79 Å². The van der Waals surface area contributed by atoms with Crippen molar-refractivity contribution in [2.24, 2.45) is 11.3 Å². The third-order valence-corrected chi connectivity index (χ3v) is 5.52. The van der Waals surface area contributed by atoms with Crippen LogP contribution in [0.4, 0.5) is 0 Å². The van der Waals surface area contributed by atoms with E-state index in [4.69, 9.17) is 0 Å². The summed E-state index contributed by atoms with van der Waals surface area (Å²) in [7, 11) is 0. The molecule has 6 nitrogen and oxygen atoms in total.